The van der Waals surface area contributed by atoms with Crippen LogP contribution in [-0.2, 0) is 23.7 Å². The fourth-order valence-electron chi connectivity index (χ4n) is 3.72. The van der Waals surface area contributed by atoms with Gasteiger partial charge in [0.05, 0.1) is 0 Å². The molecule has 0 aromatic carbocycles. The molecular formula is C20H32O5. The number of rotatable bonds is 4. The summed E-state index contributed by atoms with van der Waals surface area (Å²) in [5.74, 6) is 3.98. The molecule has 0 aromatic rings. The van der Waals surface area contributed by atoms with E-state index in [2.05, 4.69) is 52.5 Å². The number of hydrogen-bond donors (Lipinski definition) is 0. The summed E-state index contributed by atoms with van der Waals surface area (Å²) in [6.45, 7) is 10.6. The molecule has 2 aliphatic rings. The van der Waals surface area contributed by atoms with E-state index in [1.807, 2.05) is 0 Å². The Bertz CT molecular complexity index is 594. The Kier molecular flexibility index (Phi) is 5.20. The number of methoxy groups -OCH3 is 4. The molecule has 5 heteroatoms. The third-order valence-electron chi connectivity index (χ3n) is 5.02. The second kappa shape index (κ2) is 6.37. The Balaban J connectivity index is 2.62. The molecule has 0 aromatic heterocycles. The van der Waals surface area contributed by atoms with Gasteiger partial charge >= 0.3 is 5.97 Å². The van der Waals surface area contributed by atoms with E-state index in [1.54, 1.807) is 14.2 Å². The zero-order valence-electron chi connectivity index (χ0n) is 17.0. The molecule has 142 valence electrons. The summed E-state index contributed by atoms with van der Waals surface area (Å²) in [5.41, 5.74) is -0.124. The molecule has 1 spiro atoms. The Morgan fingerprint density at radius 1 is 0.960 bits per heavy atom. The van der Waals surface area contributed by atoms with Crippen molar-refractivity contribution in [2.45, 2.75) is 64.8 Å². The van der Waals surface area contributed by atoms with Crippen LogP contribution in [0.15, 0.2) is 11.6 Å². The van der Waals surface area contributed by atoms with Crippen LogP contribution in [0, 0.1) is 22.7 Å². The van der Waals surface area contributed by atoms with Gasteiger partial charge in [-0.25, -0.2) is 0 Å². The van der Waals surface area contributed by atoms with E-state index in [1.165, 1.54) is 14.2 Å². The van der Waals surface area contributed by atoms with Crippen molar-refractivity contribution < 1.29 is 23.7 Å². The van der Waals surface area contributed by atoms with Gasteiger partial charge in [0, 0.05) is 39.4 Å². The number of allylic oxidation sites excluding steroid dienone is 1. The fourth-order valence-corrected chi connectivity index (χ4v) is 3.72. The molecule has 1 heterocycles. The smallest absolute Gasteiger partial charge is 0.344 e. The van der Waals surface area contributed by atoms with Gasteiger partial charge in [0.2, 0.25) is 0 Å². The van der Waals surface area contributed by atoms with Crippen molar-refractivity contribution in [3.8, 4) is 11.8 Å². The normalized spacial score (nSPS) is 29.4. The number of hydrogen-bond acceptors (Lipinski definition) is 5. The average Bonchev–Trinajstić information content (AvgIpc) is 2.52. The van der Waals surface area contributed by atoms with Crippen LogP contribution in [0.4, 0.5) is 0 Å². The van der Waals surface area contributed by atoms with Crippen LogP contribution in [0.5, 0.6) is 0 Å². The maximum Gasteiger partial charge on any atom is 0.344 e. The quantitative estimate of drug-likeness (QED) is 0.572. The van der Waals surface area contributed by atoms with Crippen molar-refractivity contribution in [3.63, 3.8) is 0 Å². The van der Waals surface area contributed by atoms with Crippen LogP contribution in [0.2, 0.25) is 0 Å². The van der Waals surface area contributed by atoms with Gasteiger partial charge in [0.15, 0.2) is 5.60 Å². The van der Waals surface area contributed by atoms with E-state index < -0.39 is 17.4 Å². The second-order valence-electron chi connectivity index (χ2n) is 8.46. The zero-order chi connectivity index (χ0) is 19.1. The SMILES string of the molecule is COC1(OC)OC2(CCC(C)(C)C=C2C#CC(C)(C)C)C1(OC)OC. The highest BCUT2D eigenvalue weighted by atomic mass is 17.0. The Morgan fingerprint density at radius 2 is 1.52 bits per heavy atom. The molecule has 0 amide bonds. The lowest BCUT2D eigenvalue weighted by molar-refractivity contribution is -0.605. The highest BCUT2D eigenvalue weighted by Gasteiger charge is 2.82. The molecule has 0 bridgehead atoms. The molecule has 1 atom stereocenters. The van der Waals surface area contributed by atoms with Crippen LogP contribution in [-0.4, -0.2) is 45.8 Å². The Labute approximate surface area is 152 Å². The first-order valence-electron chi connectivity index (χ1n) is 8.64. The topological polar surface area (TPSA) is 46.2 Å². The largest absolute Gasteiger partial charge is 0.344 e. The average molecular weight is 352 g/mol. The monoisotopic (exact) mass is 352 g/mol. The molecule has 25 heavy (non-hydrogen) atoms. The van der Waals surface area contributed by atoms with Crippen LogP contribution in [0.3, 0.4) is 0 Å². The molecule has 1 unspecified atom stereocenters. The van der Waals surface area contributed by atoms with Crippen LogP contribution >= 0.6 is 0 Å². The molecule has 5 nitrogen and oxygen atoms in total. The molecule has 0 N–H and O–H groups in total. The van der Waals surface area contributed by atoms with Gasteiger partial charge in [0.1, 0.15) is 0 Å². The first-order chi connectivity index (χ1) is 11.5. The lowest BCUT2D eigenvalue weighted by Crippen LogP contribution is -2.85. The molecule has 2 rings (SSSR count). The minimum atomic E-state index is -1.43. The minimum absolute atomic E-state index is 0.0160. The molecule has 1 fully saturated rings. The summed E-state index contributed by atoms with van der Waals surface area (Å²) in [4.78, 5) is 0. The van der Waals surface area contributed by atoms with Crippen LogP contribution in [0.1, 0.15) is 47.5 Å². The van der Waals surface area contributed by atoms with Crippen LogP contribution in [0.25, 0.3) is 0 Å². The first-order valence-corrected chi connectivity index (χ1v) is 8.64. The molecule has 1 aliphatic carbocycles. The molecule has 1 saturated heterocycles. The maximum atomic E-state index is 6.26. The predicted octanol–water partition coefficient (Wildman–Crippen LogP) is 3.49. The number of ether oxygens (including phenoxy) is 5. The van der Waals surface area contributed by atoms with E-state index in [-0.39, 0.29) is 10.8 Å². The molecule has 0 radical (unpaired) electrons. The van der Waals surface area contributed by atoms with Gasteiger partial charge in [-0.05, 0) is 39.0 Å². The summed E-state index contributed by atoms with van der Waals surface area (Å²) in [6, 6.07) is 0. The summed E-state index contributed by atoms with van der Waals surface area (Å²) in [7, 11) is 6.19. The van der Waals surface area contributed by atoms with Gasteiger partial charge in [-0.2, -0.15) is 0 Å². The van der Waals surface area contributed by atoms with Gasteiger partial charge in [-0.15, -0.1) is 0 Å². The minimum Gasteiger partial charge on any atom is -0.344 e. The van der Waals surface area contributed by atoms with E-state index in [9.17, 15) is 0 Å². The highest BCUT2D eigenvalue weighted by molar-refractivity contribution is 5.46. The van der Waals surface area contributed by atoms with Gasteiger partial charge < -0.3 is 23.7 Å². The van der Waals surface area contributed by atoms with Crippen molar-refractivity contribution in [2.24, 2.45) is 10.8 Å². The second-order valence-corrected chi connectivity index (χ2v) is 8.46. The third kappa shape index (κ3) is 2.94. The summed E-state index contributed by atoms with van der Waals surface area (Å²) < 4.78 is 29.0. The Morgan fingerprint density at radius 3 is 1.96 bits per heavy atom. The van der Waals surface area contributed by atoms with Crippen molar-refractivity contribution in [3.05, 3.63) is 11.6 Å². The van der Waals surface area contributed by atoms with Gasteiger partial charge in [-0.1, -0.05) is 31.8 Å². The lowest BCUT2D eigenvalue weighted by atomic mass is 9.65. The third-order valence-corrected chi connectivity index (χ3v) is 5.02. The van der Waals surface area contributed by atoms with E-state index >= 15 is 0 Å². The predicted molar refractivity (Wildman–Crippen MR) is 95.6 cm³/mol. The van der Waals surface area contributed by atoms with Crippen molar-refractivity contribution >= 4 is 0 Å². The van der Waals surface area contributed by atoms with E-state index in [4.69, 9.17) is 23.7 Å². The highest BCUT2D eigenvalue weighted by Crippen LogP contribution is 2.62. The maximum absolute atomic E-state index is 6.26. The zero-order valence-corrected chi connectivity index (χ0v) is 17.0. The molecular weight excluding hydrogens is 320 g/mol. The molecule has 1 aliphatic heterocycles. The molecule has 0 saturated carbocycles. The summed E-state index contributed by atoms with van der Waals surface area (Å²) in [6.07, 6.45) is 3.77. The van der Waals surface area contributed by atoms with E-state index in [0.29, 0.717) is 6.42 Å². The van der Waals surface area contributed by atoms with Gasteiger partial charge in [0.25, 0.3) is 5.79 Å². The van der Waals surface area contributed by atoms with Gasteiger partial charge in [-0.3, -0.25) is 0 Å². The van der Waals surface area contributed by atoms with Crippen molar-refractivity contribution in [1.29, 1.82) is 0 Å². The summed E-state index contributed by atoms with van der Waals surface area (Å²) >= 11 is 0. The first kappa shape index (κ1) is 20.4. The fraction of sp³-hybridized carbons (Fsp3) is 0.800. The lowest BCUT2D eigenvalue weighted by Gasteiger charge is -2.66. The van der Waals surface area contributed by atoms with E-state index in [0.717, 1.165) is 12.0 Å². The van der Waals surface area contributed by atoms with Crippen LogP contribution < -0.4 is 0 Å². The summed E-state index contributed by atoms with van der Waals surface area (Å²) in [5, 5.41) is 0. The van der Waals surface area contributed by atoms with Crippen molar-refractivity contribution in [1.82, 2.24) is 0 Å². The van der Waals surface area contributed by atoms with Crippen molar-refractivity contribution in [2.75, 3.05) is 28.4 Å². The Hall–Kier alpha value is -0.900. The standard InChI is InChI=1S/C20H32O5/c1-16(2,3)11-10-15-14-17(4,5)12-13-18(15)19(21-6,22-7)20(23-8,24-9)25-18/h14H,12-13H2,1-9H3.